The van der Waals surface area contributed by atoms with Crippen LogP contribution < -0.4 is 4.90 Å². The molecule has 2 rings (SSSR count). The Morgan fingerprint density at radius 2 is 2.18 bits per heavy atom. The van der Waals surface area contributed by atoms with E-state index in [1.54, 1.807) is 11.0 Å². The molecule has 1 saturated heterocycles. The summed E-state index contributed by atoms with van der Waals surface area (Å²) in [5.41, 5.74) is 1.71. The van der Waals surface area contributed by atoms with Crippen LogP contribution in [0.15, 0.2) is 18.2 Å². The van der Waals surface area contributed by atoms with Gasteiger partial charge in [0.15, 0.2) is 0 Å². The highest BCUT2D eigenvalue weighted by atomic mass is 79.9. The smallest absolute Gasteiger partial charge is 0.335 e. The van der Waals surface area contributed by atoms with Gasteiger partial charge in [-0.15, -0.1) is 0 Å². The van der Waals surface area contributed by atoms with Crippen molar-refractivity contribution in [3.63, 3.8) is 0 Å². The molecular weight excluding hydrogens is 286 g/mol. The maximum Gasteiger partial charge on any atom is 0.335 e. The molecule has 0 aromatic heterocycles. The van der Waals surface area contributed by atoms with Crippen molar-refractivity contribution < 1.29 is 14.7 Å². The quantitative estimate of drug-likeness (QED) is 0.852. The second-order valence-corrected chi connectivity index (χ2v) is 5.46. The first-order chi connectivity index (χ1) is 7.97. The molecule has 1 aromatic rings. The number of anilines is 1. The van der Waals surface area contributed by atoms with Gasteiger partial charge in [0.05, 0.1) is 5.56 Å². The van der Waals surface area contributed by atoms with E-state index in [0.29, 0.717) is 18.7 Å². The highest BCUT2D eigenvalue weighted by molar-refractivity contribution is 9.09. The van der Waals surface area contributed by atoms with Gasteiger partial charge in [0.2, 0.25) is 5.91 Å². The van der Waals surface area contributed by atoms with Crippen molar-refractivity contribution in [1.82, 2.24) is 0 Å². The Labute approximate surface area is 107 Å². The summed E-state index contributed by atoms with van der Waals surface area (Å²) in [6.07, 6.45) is 0.455. The van der Waals surface area contributed by atoms with Gasteiger partial charge in [-0.3, -0.25) is 4.79 Å². The van der Waals surface area contributed by atoms with Crippen molar-refractivity contribution in [2.75, 3.05) is 11.4 Å². The minimum absolute atomic E-state index is 0.0220. The predicted molar refractivity (Wildman–Crippen MR) is 67.8 cm³/mol. The molecule has 0 spiro atoms. The Morgan fingerprint density at radius 1 is 1.47 bits per heavy atom. The molecule has 17 heavy (non-hydrogen) atoms. The summed E-state index contributed by atoms with van der Waals surface area (Å²) in [5, 5.41) is 8.98. The van der Waals surface area contributed by atoms with Crippen LogP contribution in [0.5, 0.6) is 0 Å². The number of benzene rings is 1. The number of carbonyl (C=O) groups is 2. The SMILES string of the molecule is Cc1cc(C(=O)O)cc(N2CC(Br)CC2=O)c1. The number of aryl methyl sites for hydroxylation is 1. The highest BCUT2D eigenvalue weighted by Gasteiger charge is 2.29. The van der Waals surface area contributed by atoms with Gasteiger partial charge < -0.3 is 10.0 Å². The van der Waals surface area contributed by atoms with Gasteiger partial charge in [-0.1, -0.05) is 15.9 Å². The second kappa shape index (κ2) is 4.49. The van der Waals surface area contributed by atoms with Gasteiger partial charge in [-0.2, -0.15) is 0 Å². The molecule has 1 atom stereocenters. The Kier molecular flexibility index (Phi) is 3.19. The molecule has 0 aliphatic carbocycles. The first-order valence-electron chi connectivity index (χ1n) is 5.27. The second-order valence-electron chi connectivity index (χ2n) is 4.17. The van der Waals surface area contributed by atoms with Crippen LogP contribution in [0.2, 0.25) is 0 Å². The van der Waals surface area contributed by atoms with E-state index in [0.717, 1.165) is 5.56 Å². The average molecular weight is 298 g/mol. The monoisotopic (exact) mass is 297 g/mol. The summed E-state index contributed by atoms with van der Waals surface area (Å²) in [7, 11) is 0. The van der Waals surface area contributed by atoms with Crippen LogP contribution in [0.4, 0.5) is 5.69 Å². The number of hydrogen-bond donors (Lipinski definition) is 1. The molecular formula is C12H12BrNO3. The van der Waals surface area contributed by atoms with E-state index in [1.807, 2.05) is 13.0 Å². The van der Waals surface area contributed by atoms with Gasteiger partial charge in [0.1, 0.15) is 0 Å². The van der Waals surface area contributed by atoms with Crippen LogP contribution in [-0.2, 0) is 4.79 Å². The summed E-state index contributed by atoms with van der Waals surface area (Å²) in [6.45, 7) is 2.41. The molecule has 1 fully saturated rings. The lowest BCUT2D eigenvalue weighted by Gasteiger charge is -2.17. The Morgan fingerprint density at radius 3 is 2.71 bits per heavy atom. The van der Waals surface area contributed by atoms with Crippen molar-refractivity contribution in [3.8, 4) is 0 Å². The van der Waals surface area contributed by atoms with Gasteiger partial charge in [0.25, 0.3) is 0 Å². The van der Waals surface area contributed by atoms with Crippen LogP contribution in [0.3, 0.4) is 0 Å². The van der Waals surface area contributed by atoms with Gasteiger partial charge in [-0.05, 0) is 30.7 Å². The molecule has 5 heteroatoms. The van der Waals surface area contributed by atoms with Gasteiger partial charge in [-0.25, -0.2) is 4.79 Å². The lowest BCUT2D eigenvalue weighted by Crippen LogP contribution is -2.24. The number of halogens is 1. The molecule has 1 aromatic carbocycles. The number of carbonyl (C=O) groups excluding carboxylic acids is 1. The van der Waals surface area contributed by atoms with Crippen LogP contribution >= 0.6 is 15.9 Å². The number of aromatic carboxylic acids is 1. The number of nitrogens with zero attached hydrogens (tertiary/aromatic N) is 1. The number of alkyl halides is 1. The molecule has 1 N–H and O–H groups in total. The standard InChI is InChI=1S/C12H12BrNO3/c1-7-2-8(12(16)17)4-10(3-7)14-6-9(13)5-11(14)15/h2-4,9H,5-6H2,1H3,(H,16,17). The fraction of sp³-hybridized carbons (Fsp3) is 0.333. The summed E-state index contributed by atoms with van der Waals surface area (Å²) < 4.78 is 0. The van der Waals surface area contributed by atoms with E-state index in [4.69, 9.17) is 5.11 Å². The number of rotatable bonds is 2. The molecule has 4 nitrogen and oxygen atoms in total. The molecule has 1 aliphatic rings. The fourth-order valence-electron chi connectivity index (χ4n) is 1.96. The molecule has 1 amide bonds. The normalized spacial score (nSPS) is 19.8. The van der Waals surface area contributed by atoms with Crippen molar-refractivity contribution >= 4 is 33.5 Å². The van der Waals surface area contributed by atoms with Crippen molar-refractivity contribution in [2.24, 2.45) is 0 Å². The third-order valence-electron chi connectivity index (χ3n) is 2.70. The molecule has 0 bridgehead atoms. The number of carboxylic acid groups (broad SMARTS) is 1. The summed E-state index contributed by atoms with van der Waals surface area (Å²) in [5.74, 6) is -0.953. The van der Waals surface area contributed by atoms with Gasteiger partial charge >= 0.3 is 5.97 Å². The maximum absolute atomic E-state index is 11.7. The van der Waals surface area contributed by atoms with Crippen LogP contribution in [0.1, 0.15) is 22.3 Å². The lowest BCUT2D eigenvalue weighted by molar-refractivity contribution is -0.117. The van der Waals surface area contributed by atoms with E-state index in [9.17, 15) is 9.59 Å². The summed E-state index contributed by atoms with van der Waals surface area (Å²) in [6, 6.07) is 4.96. The lowest BCUT2D eigenvalue weighted by atomic mass is 10.1. The Bertz CT molecular complexity index is 487. The topological polar surface area (TPSA) is 57.6 Å². The van der Waals surface area contributed by atoms with Crippen molar-refractivity contribution in [3.05, 3.63) is 29.3 Å². The maximum atomic E-state index is 11.7. The molecule has 1 aliphatic heterocycles. The van der Waals surface area contributed by atoms with E-state index < -0.39 is 5.97 Å². The molecule has 1 heterocycles. The zero-order chi connectivity index (χ0) is 12.6. The zero-order valence-electron chi connectivity index (χ0n) is 9.31. The third-order valence-corrected chi connectivity index (χ3v) is 3.31. The third kappa shape index (κ3) is 2.49. The van der Waals surface area contributed by atoms with Crippen LogP contribution in [0, 0.1) is 6.92 Å². The van der Waals surface area contributed by atoms with Crippen LogP contribution in [0.25, 0.3) is 0 Å². The molecule has 1 unspecified atom stereocenters. The summed E-state index contributed by atoms with van der Waals surface area (Å²) in [4.78, 5) is 24.4. The first-order valence-corrected chi connectivity index (χ1v) is 6.18. The minimum atomic E-state index is -0.975. The highest BCUT2D eigenvalue weighted by Crippen LogP contribution is 2.27. The fourth-order valence-corrected chi connectivity index (χ4v) is 2.52. The van der Waals surface area contributed by atoms with Crippen molar-refractivity contribution in [2.45, 2.75) is 18.2 Å². The molecule has 0 saturated carbocycles. The Balaban J connectivity index is 2.39. The Hall–Kier alpha value is -1.36. The molecule has 90 valence electrons. The van der Waals surface area contributed by atoms with E-state index in [1.165, 1.54) is 6.07 Å². The largest absolute Gasteiger partial charge is 0.478 e. The van der Waals surface area contributed by atoms with Crippen LogP contribution in [-0.4, -0.2) is 28.4 Å². The van der Waals surface area contributed by atoms with E-state index >= 15 is 0 Å². The minimum Gasteiger partial charge on any atom is -0.478 e. The first kappa shape index (κ1) is 12.1. The van der Waals surface area contributed by atoms with Gasteiger partial charge in [0, 0.05) is 23.5 Å². The summed E-state index contributed by atoms with van der Waals surface area (Å²) >= 11 is 3.40. The zero-order valence-corrected chi connectivity index (χ0v) is 10.9. The molecule has 0 radical (unpaired) electrons. The van der Waals surface area contributed by atoms with E-state index in [-0.39, 0.29) is 16.3 Å². The number of carboxylic acids is 1. The van der Waals surface area contributed by atoms with Crippen molar-refractivity contribution in [1.29, 1.82) is 0 Å². The number of hydrogen-bond acceptors (Lipinski definition) is 2. The predicted octanol–water partition coefficient (Wildman–Crippen LogP) is 2.19. The number of amides is 1. The average Bonchev–Trinajstić information content (AvgIpc) is 2.57. The van der Waals surface area contributed by atoms with E-state index in [2.05, 4.69) is 15.9 Å².